The number of ether oxygens (including phenoxy) is 2. The normalized spacial score (nSPS) is 11.1. The van der Waals surface area contributed by atoms with Gasteiger partial charge in [-0.3, -0.25) is 9.78 Å². The molecule has 4 nitrogen and oxygen atoms in total. The second-order valence-corrected chi connectivity index (χ2v) is 7.09. The molecule has 0 spiro atoms. The van der Waals surface area contributed by atoms with Gasteiger partial charge >= 0.3 is 0 Å². The lowest BCUT2D eigenvalue weighted by molar-refractivity contribution is -0.104. The lowest BCUT2D eigenvalue weighted by Crippen LogP contribution is -2.04. The fourth-order valence-electron chi connectivity index (χ4n) is 3.30. The third-order valence-electron chi connectivity index (χ3n) is 4.74. The van der Waals surface area contributed by atoms with Crippen molar-refractivity contribution in [2.24, 2.45) is 0 Å². The number of hydrogen-bond acceptors (Lipinski definition) is 4. The molecule has 1 aromatic heterocycles. The zero-order chi connectivity index (χ0) is 21.5. The highest BCUT2D eigenvalue weighted by molar-refractivity contribution is 5.87. The van der Waals surface area contributed by atoms with E-state index in [2.05, 4.69) is 18.8 Å². The summed E-state index contributed by atoms with van der Waals surface area (Å²) < 4.78 is 25.5. The zero-order valence-corrected chi connectivity index (χ0v) is 17.3. The Labute approximate surface area is 176 Å². The number of halogens is 1. The van der Waals surface area contributed by atoms with E-state index in [0.29, 0.717) is 11.5 Å². The van der Waals surface area contributed by atoms with E-state index in [1.807, 2.05) is 18.2 Å². The van der Waals surface area contributed by atoms with E-state index in [1.54, 1.807) is 37.7 Å². The number of allylic oxidation sites excluding steroid dienone is 1. The Morgan fingerprint density at radius 3 is 2.53 bits per heavy atom. The molecule has 154 valence electrons. The van der Waals surface area contributed by atoms with Crippen molar-refractivity contribution in [2.45, 2.75) is 26.4 Å². The van der Waals surface area contributed by atoms with Crippen LogP contribution in [0.2, 0.25) is 0 Å². The van der Waals surface area contributed by atoms with Crippen LogP contribution in [0, 0.1) is 5.82 Å². The minimum absolute atomic E-state index is 0.164. The van der Waals surface area contributed by atoms with Gasteiger partial charge in [0.2, 0.25) is 0 Å². The largest absolute Gasteiger partial charge is 0.493 e. The number of hydrogen-bond donors (Lipinski definition) is 0. The summed E-state index contributed by atoms with van der Waals surface area (Å²) >= 11 is 0. The van der Waals surface area contributed by atoms with Gasteiger partial charge in [0.15, 0.2) is 11.5 Å². The minimum Gasteiger partial charge on any atom is -0.493 e. The molecule has 0 aliphatic heterocycles. The molecule has 0 atom stereocenters. The van der Waals surface area contributed by atoms with Gasteiger partial charge in [-0.2, -0.15) is 0 Å². The van der Waals surface area contributed by atoms with E-state index in [0.717, 1.165) is 34.1 Å². The summed E-state index contributed by atoms with van der Waals surface area (Å²) in [7, 11) is 1.59. The van der Waals surface area contributed by atoms with Crippen molar-refractivity contribution in [2.75, 3.05) is 7.11 Å². The van der Waals surface area contributed by atoms with Gasteiger partial charge in [0, 0.05) is 23.5 Å². The van der Waals surface area contributed by atoms with E-state index >= 15 is 0 Å². The lowest BCUT2D eigenvalue weighted by atomic mass is 9.88. The Bertz CT molecular complexity index is 1030. The highest BCUT2D eigenvalue weighted by atomic mass is 19.1. The Hall–Kier alpha value is -3.47. The van der Waals surface area contributed by atoms with Crippen LogP contribution in [0.15, 0.2) is 60.9 Å². The first-order chi connectivity index (χ1) is 14.5. The molecule has 3 aromatic rings. The molecule has 30 heavy (non-hydrogen) atoms. The van der Waals surface area contributed by atoms with Crippen molar-refractivity contribution >= 4 is 12.4 Å². The van der Waals surface area contributed by atoms with E-state index in [4.69, 9.17) is 9.47 Å². The summed E-state index contributed by atoms with van der Waals surface area (Å²) in [5.74, 6) is 0.943. The molecule has 1 heterocycles. The van der Waals surface area contributed by atoms with Crippen molar-refractivity contribution in [3.8, 4) is 22.6 Å². The number of methoxy groups -OCH3 is 1. The van der Waals surface area contributed by atoms with Gasteiger partial charge in [-0.05, 0) is 52.9 Å². The predicted octanol–water partition coefficient (Wildman–Crippen LogP) is 5.81. The number of rotatable bonds is 8. The number of pyridine rings is 1. The Morgan fingerprint density at radius 1 is 1.17 bits per heavy atom. The fourth-order valence-corrected chi connectivity index (χ4v) is 3.30. The summed E-state index contributed by atoms with van der Waals surface area (Å²) in [6.45, 7) is 4.42. The van der Waals surface area contributed by atoms with Crippen LogP contribution in [0.4, 0.5) is 4.39 Å². The summed E-state index contributed by atoms with van der Waals surface area (Å²) in [6.07, 6.45) is 7.38. The Balaban J connectivity index is 2.24. The third-order valence-corrected chi connectivity index (χ3v) is 4.74. The Morgan fingerprint density at radius 2 is 1.93 bits per heavy atom. The first kappa shape index (κ1) is 21.2. The molecule has 0 N–H and O–H groups in total. The summed E-state index contributed by atoms with van der Waals surface area (Å²) in [5, 5.41) is 0. The van der Waals surface area contributed by atoms with Crippen LogP contribution in [-0.4, -0.2) is 18.4 Å². The number of carbonyl (C=O) groups is 1. The molecule has 3 rings (SSSR count). The number of aldehydes is 1. The van der Waals surface area contributed by atoms with Gasteiger partial charge in [-0.1, -0.05) is 38.1 Å². The van der Waals surface area contributed by atoms with Gasteiger partial charge in [-0.15, -0.1) is 0 Å². The monoisotopic (exact) mass is 405 g/mol. The second-order valence-electron chi connectivity index (χ2n) is 7.09. The average Bonchev–Trinajstić information content (AvgIpc) is 2.76. The fraction of sp³-hybridized carbons (Fsp3) is 0.200. The molecule has 0 amide bonds. The summed E-state index contributed by atoms with van der Waals surface area (Å²) in [5.41, 5.74) is 4.26. The van der Waals surface area contributed by atoms with Crippen molar-refractivity contribution in [1.29, 1.82) is 0 Å². The minimum atomic E-state index is -0.325. The van der Waals surface area contributed by atoms with Crippen LogP contribution in [-0.2, 0) is 11.4 Å². The van der Waals surface area contributed by atoms with E-state index in [9.17, 15) is 9.18 Å². The van der Waals surface area contributed by atoms with Gasteiger partial charge < -0.3 is 9.47 Å². The first-order valence-electron chi connectivity index (χ1n) is 9.69. The topological polar surface area (TPSA) is 48.4 Å². The van der Waals surface area contributed by atoms with E-state index < -0.39 is 0 Å². The van der Waals surface area contributed by atoms with Crippen molar-refractivity contribution in [3.05, 3.63) is 83.4 Å². The molecule has 2 aromatic carbocycles. The maximum absolute atomic E-state index is 13.6. The standard InChI is InChI=1S/C25H24FNO3/c1-17(2)22-14-23(29-3)25(30-16-18-6-4-12-27-15-18)24(21(22)7-5-13-28)19-8-10-20(26)11-9-19/h4-15,17H,16H2,1-3H3. The maximum Gasteiger partial charge on any atom is 0.170 e. The van der Waals surface area contributed by atoms with Crippen LogP contribution in [0.3, 0.4) is 0 Å². The molecular weight excluding hydrogens is 381 g/mol. The highest BCUT2D eigenvalue weighted by Crippen LogP contribution is 2.45. The molecule has 0 fully saturated rings. The van der Waals surface area contributed by atoms with Gasteiger partial charge in [0.1, 0.15) is 18.7 Å². The molecule has 0 saturated heterocycles. The number of nitrogens with zero attached hydrogens (tertiary/aromatic N) is 1. The lowest BCUT2D eigenvalue weighted by Gasteiger charge is -2.22. The quantitative estimate of drug-likeness (QED) is 0.350. The summed E-state index contributed by atoms with van der Waals surface area (Å²) in [6, 6.07) is 11.9. The van der Waals surface area contributed by atoms with Crippen LogP contribution in [0.25, 0.3) is 17.2 Å². The van der Waals surface area contributed by atoms with Gasteiger partial charge in [0.25, 0.3) is 0 Å². The van der Waals surface area contributed by atoms with Gasteiger partial charge in [-0.25, -0.2) is 4.39 Å². The number of carbonyl (C=O) groups excluding carboxylic acids is 1. The molecule has 5 heteroatoms. The van der Waals surface area contributed by atoms with Crippen molar-refractivity contribution in [1.82, 2.24) is 4.98 Å². The summed E-state index contributed by atoms with van der Waals surface area (Å²) in [4.78, 5) is 15.2. The van der Waals surface area contributed by atoms with Crippen LogP contribution in [0.1, 0.15) is 36.5 Å². The Kier molecular flexibility index (Phi) is 6.96. The predicted molar refractivity (Wildman–Crippen MR) is 116 cm³/mol. The molecular formula is C25H24FNO3. The maximum atomic E-state index is 13.6. The molecule has 0 aliphatic rings. The van der Waals surface area contributed by atoms with Crippen molar-refractivity contribution in [3.63, 3.8) is 0 Å². The molecule has 0 unspecified atom stereocenters. The van der Waals surface area contributed by atoms with Crippen LogP contribution < -0.4 is 9.47 Å². The number of aromatic nitrogens is 1. The second kappa shape index (κ2) is 9.83. The van der Waals surface area contributed by atoms with Gasteiger partial charge in [0.05, 0.1) is 7.11 Å². The molecule has 0 saturated carbocycles. The number of benzene rings is 2. The van der Waals surface area contributed by atoms with Crippen molar-refractivity contribution < 1.29 is 18.7 Å². The van der Waals surface area contributed by atoms with Crippen LogP contribution in [0.5, 0.6) is 11.5 Å². The zero-order valence-electron chi connectivity index (χ0n) is 17.3. The van der Waals surface area contributed by atoms with Crippen LogP contribution >= 0.6 is 0 Å². The average molecular weight is 405 g/mol. The van der Waals surface area contributed by atoms with E-state index in [-0.39, 0.29) is 18.3 Å². The molecule has 0 radical (unpaired) electrons. The smallest absolute Gasteiger partial charge is 0.170 e. The van der Waals surface area contributed by atoms with E-state index in [1.165, 1.54) is 18.2 Å². The third kappa shape index (κ3) is 4.74. The first-order valence-corrected chi connectivity index (χ1v) is 9.69. The SMILES string of the molecule is COc1cc(C(C)C)c(C=CC=O)c(-c2ccc(F)cc2)c1OCc1cccnc1. The molecule has 0 bridgehead atoms. The highest BCUT2D eigenvalue weighted by Gasteiger charge is 2.22. The molecule has 0 aliphatic carbocycles.